The largest absolute Gasteiger partial charge is 0.351 e. The Balaban J connectivity index is 1.64. The van der Waals surface area contributed by atoms with Crippen molar-refractivity contribution >= 4 is 11.8 Å². The third kappa shape index (κ3) is 5.79. The van der Waals surface area contributed by atoms with Crippen molar-refractivity contribution in [2.24, 2.45) is 0 Å². The van der Waals surface area contributed by atoms with Crippen molar-refractivity contribution in [3.63, 3.8) is 0 Å². The highest BCUT2D eigenvalue weighted by atomic mass is 16.2. The van der Waals surface area contributed by atoms with Crippen molar-refractivity contribution in [2.75, 3.05) is 26.2 Å². The molecular formula is C16H21N3O2. The van der Waals surface area contributed by atoms with Crippen LogP contribution in [0.4, 0.5) is 0 Å². The fourth-order valence-corrected chi connectivity index (χ4v) is 2.13. The van der Waals surface area contributed by atoms with Crippen LogP contribution in [0.5, 0.6) is 0 Å². The van der Waals surface area contributed by atoms with Gasteiger partial charge in [-0.05, 0) is 18.5 Å². The van der Waals surface area contributed by atoms with Gasteiger partial charge in [-0.15, -0.1) is 0 Å². The fraction of sp³-hybridized carbons (Fsp3) is 0.375. The number of carbonyl (C=O) groups excluding carboxylic acids is 2. The van der Waals surface area contributed by atoms with E-state index < -0.39 is 0 Å². The van der Waals surface area contributed by atoms with Crippen molar-refractivity contribution in [3.05, 3.63) is 47.5 Å². The maximum absolute atomic E-state index is 11.7. The van der Waals surface area contributed by atoms with Gasteiger partial charge in [-0.1, -0.05) is 42.0 Å². The van der Waals surface area contributed by atoms with E-state index in [-0.39, 0.29) is 18.4 Å². The normalized spacial score (nSPS) is 14.2. The van der Waals surface area contributed by atoms with E-state index in [0.29, 0.717) is 13.0 Å². The van der Waals surface area contributed by atoms with Crippen LogP contribution >= 0.6 is 0 Å². The SMILES string of the molecule is O=C(CNC(=O)Cc1ccccc1)NCC1=CCNCC1. The van der Waals surface area contributed by atoms with E-state index in [9.17, 15) is 9.59 Å². The number of nitrogens with one attached hydrogen (secondary N) is 3. The number of amides is 2. The quantitative estimate of drug-likeness (QED) is 0.663. The summed E-state index contributed by atoms with van der Waals surface area (Å²) in [6, 6.07) is 9.47. The van der Waals surface area contributed by atoms with Gasteiger partial charge in [0.25, 0.3) is 0 Å². The smallest absolute Gasteiger partial charge is 0.239 e. The maximum Gasteiger partial charge on any atom is 0.239 e. The Hall–Kier alpha value is -2.14. The maximum atomic E-state index is 11.7. The van der Waals surface area contributed by atoms with Crippen molar-refractivity contribution in [1.82, 2.24) is 16.0 Å². The highest BCUT2D eigenvalue weighted by Gasteiger charge is 2.08. The highest BCUT2D eigenvalue weighted by Crippen LogP contribution is 2.02. The van der Waals surface area contributed by atoms with Gasteiger partial charge in [-0.25, -0.2) is 0 Å². The number of hydrogen-bond acceptors (Lipinski definition) is 3. The molecule has 0 saturated carbocycles. The van der Waals surface area contributed by atoms with E-state index >= 15 is 0 Å². The number of hydrogen-bond donors (Lipinski definition) is 3. The summed E-state index contributed by atoms with van der Waals surface area (Å²) in [6.45, 7) is 2.40. The zero-order chi connectivity index (χ0) is 14.9. The molecule has 5 nitrogen and oxygen atoms in total. The molecule has 0 radical (unpaired) electrons. The van der Waals surface area contributed by atoms with Gasteiger partial charge in [0.05, 0.1) is 13.0 Å². The summed E-state index contributed by atoms with van der Waals surface area (Å²) in [4.78, 5) is 23.4. The molecule has 2 rings (SSSR count). The van der Waals surface area contributed by atoms with Crippen molar-refractivity contribution in [2.45, 2.75) is 12.8 Å². The molecule has 1 aliphatic heterocycles. The lowest BCUT2D eigenvalue weighted by Crippen LogP contribution is -2.38. The van der Waals surface area contributed by atoms with Gasteiger partial charge in [-0.2, -0.15) is 0 Å². The third-order valence-electron chi connectivity index (χ3n) is 3.32. The summed E-state index contributed by atoms with van der Waals surface area (Å²) in [7, 11) is 0. The average Bonchev–Trinajstić information content (AvgIpc) is 2.53. The van der Waals surface area contributed by atoms with Gasteiger partial charge < -0.3 is 16.0 Å². The average molecular weight is 287 g/mol. The molecule has 0 spiro atoms. The van der Waals surface area contributed by atoms with Gasteiger partial charge in [-0.3, -0.25) is 9.59 Å². The Bertz CT molecular complexity index is 512. The Morgan fingerprint density at radius 1 is 1.10 bits per heavy atom. The summed E-state index contributed by atoms with van der Waals surface area (Å²) >= 11 is 0. The Kier molecular flexibility index (Phi) is 5.97. The molecular weight excluding hydrogens is 266 g/mol. The molecule has 0 fully saturated rings. The minimum absolute atomic E-state index is 0.0250. The Morgan fingerprint density at radius 3 is 2.62 bits per heavy atom. The minimum Gasteiger partial charge on any atom is -0.351 e. The molecule has 2 amide bonds. The van der Waals surface area contributed by atoms with Crippen molar-refractivity contribution in [1.29, 1.82) is 0 Å². The van der Waals surface area contributed by atoms with Gasteiger partial charge in [0.2, 0.25) is 11.8 Å². The van der Waals surface area contributed by atoms with Crippen LogP contribution in [0.2, 0.25) is 0 Å². The van der Waals surface area contributed by atoms with Gasteiger partial charge >= 0.3 is 0 Å². The second-order valence-electron chi connectivity index (χ2n) is 5.03. The summed E-state index contributed by atoms with van der Waals surface area (Å²) in [6.07, 6.45) is 3.35. The van der Waals surface area contributed by atoms with E-state index in [1.807, 2.05) is 30.3 Å². The van der Waals surface area contributed by atoms with Crippen LogP contribution in [0.1, 0.15) is 12.0 Å². The number of benzene rings is 1. The van der Waals surface area contributed by atoms with Crippen LogP contribution in [0, 0.1) is 0 Å². The van der Waals surface area contributed by atoms with Crippen LogP contribution in [0.25, 0.3) is 0 Å². The first-order chi connectivity index (χ1) is 10.2. The first kappa shape index (κ1) is 15.3. The topological polar surface area (TPSA) is 70.2 Å². The minimum atomic E-state index is -0.157. The van der Waals surface area contributed by atoms with E-state index in [2.05, 4.69) is 22.0 Å². The summed E-state index contributed by atoms with van der Waals surface area (Å²) in [5.74, 6) is -0.298. The van der Waals surface area contributed by atoms with E-state index in [1.165, 1.54) is 5.57 Å². The second-order valence-corrected chi connectivity index (χ2v) is 5.03. The molecule has 112 valence electrons. The Morgan fingerprint density at radius 2 is 1.90 bits per heavy atom. The predicted octanol–water partition coefficient (Wildman–Crippen LogP) is 0.381. The zero-order valence-electron chi connectivity index (χ0n) is 12.0. The first-order valence-corrected chi connectivity index (χ1v) is 7.20. The lowest BCUT2D eigenvalue weighted by atomic mass is 10.1. The molecule has 1 aliphatic rings. The monoisotopic (exact) mass is 287 g/mol. The molecule has 0 aliphatic carbocycles. The molecule has 3 N–H and O–H groups in total. The summed E-state index contributed by atoms with van der Waals surface area (Å²) in [5.41, 5.74) is 2.17. The summed E-state index contributed by atoms with van der Waals surface area (Å²) in [5, 5.41) is 8.68. The van der Waals surface area contributed by atoms with Crippen LogP contribution < -0.4 is 16.0 Å². The number of rotatable bonds is 6. The molecule has 0 aromatic heterocycles. The highest BCUT2D eigenvalue weighted by molar-refractivity contribution is 5.85. The third-order valence-corrected chi connectivity index (χ3v) is 3.32. The van der Waals surface area contributed by atoms with Crippen LogP contribution in [0.3, 0.4) is 0 Å². The van der Waals surface area contributed by atoms with Crippen LogP contribution in [0.15, 0.2) is 42.0 Å². The summed E-state index contributed by atoms with van der Waals surface area (Å²) < 4.78 is 0. The van der Waals surface area contributed by atoms with E-state index in [0.717, 1.165) is 25.1 Å². The van der Waals surface area contributed by atoms with Gasteiger partial charge in [0.15, 0.2) is 0 Å². The van der Waals surface area contributed by atoms with Crippen molar-refractivity contribution < 1.29 is 9.59 Å². The standard InChI is InChI=1S/C16H21N3O2/c20-15(10-13-4-2-1-3-5-13)19-12-16(21)18-11-14-6-8-17-9-7-14/h1-6,17H,7-12H2,(H,18,21)(H,19,20). The van der Waals surface area contributed by atoms with Crippen LogP contribution in [-0.4, -0.2) is 38.0 Å². The predicted molar refractivity (Wildman–Crippen MR) is 81.7 cm³/mol. The zero-order valence-corrected chi connectivity index (χ0v) is 12.0. The van der Waals surface area contributed by atoms with Gasteiger partial charge in [0.1, 0.15) is 0 Å². The lowest BCUT2D eigenvalue weighted by molar-refractivity contribution is -0.125. The molecule has 5 heteroatoms. The lowest BCUT2D eigenvalue weighted by Gasteiger charge is -2.14. The molecule has 1 heterocycles. The second kappa shape index (κ2) is 8.21. The van der Waals surface area contributed by atoms with Crippen molar-refractivity contribution in [3.8, 4) is 0 Å². The molecule has 0 saturated heterocycles. The van der Waals surface area contributed by atoms with E-state index in [1.54, 1.807) is 0 Å². The number of carbonyl (C=O) groups is 2. The molecule has 0 atom stereocenters. The molecule has 1 aromatic rings. The fourth-order valence-electron chi connectivity index (χ4n) is 2.13. The van der Waals surface area contributed by atoms with E-state index in [4.69, 9.17) is 0 Å². The molecule has 21 heavy (non-hydrogen) atoms. The Labute approximate surface area is 124 Å². The molecule has 0 unspecified atom stereocenters. The first-order valence-electron chi connectivity index (χ1n) is 7.20. The molecule has 1 aromatic carbocycles. The van der Waals surface area contributed by atoms with Gasteiger partial charge in [0, 0.05) is 13.1 Å². The molecule has 0 bridgehead atoms. The van der Waals surface area contributed by atoms with Crippen LogP contribution in [-0.2, 0) is 16.0 Å².